The van der Waals surface area contributed by atoms with Gasteiger partial charge < -0.3 is 20.5 Å². The van der Waals surface area contributed by atoms with Gasteiger partial charge in [0.15, 0.2) is 11.6 Å². The summed E-state index contributed by atoms with van der Waals surface area (Å²) in [6.45, 7) is 2.78. The molecule has 4 heterocycles. The van der Waals surface area contributed by atoms with E-state index < -0.39 is 0 Å². The lowest BCUT2D eigenvalue weighted by Crippen LogP contribution is -2.38. The number of ether oxygens (including phenoxy) is 1. The molecule has 1 amide bonds. The van der Waals surface area contributed by atoms with Gasteiger partial charge >= 0.3 is 0 Å². The van der Waals surface area contributed by atoms with Crippen LogP contribution in [-0.4, -0.2) is 79.7 Å². The largest absolute Gasteiger partial charge is 0.395 e. The summed E-state index contributed by atoms with van der Waals surface area (Å²) < 4.78 is 7.16. The van der Waals surface area contributed by atoms with Crippen LogP contribution >= 0.6 is 11.8 Å². The molecule has 1 saturated heterocycles. The molecule has 2 atom stereocenters. The van der Waals surface area contributed by atoms with Crippen LogP contribution in [0.4, 0.5) is 17.3 Å². The third-order valence-corrected chi connectivity index (χ3v) is 6.91. The number of rotatable bonds is 9. The minimum absolute atomic E-state index is 0.00844. The molecule has 4 N–H and O–H groups in total. The van der Waals surface area contributed by atoms with Gasteiger partial charge in [-0.05, 0) is 61.5 Å². The van der Waals surface area contributed by atoms with Gasteiger partial charge in [-0.25, -0.2) is 9.50 Å². The van der Waals surface area contributed by atoms with Crippen molar-refractivity contribution in [1.82, 2.24) is 29.7 Å². The first kappa shape index (κ1) is 24.3. The molecule has 0 aliphatic carbocycles. The van der Waals surface area contributed by atoms with Crippen molar-refractivity contribution in [2.45, 2.75) is 35.5 Å². The Morgan fingerprint density at radius 1 is 1.31 bits per heavy atom. The molecule has 1 aromatic carbocycles. The zero-order valence-corrected chi connectivity index (χ0v) is 20.8. The number of methoxy groups -OCH3 is 1. The van der Waals surface area contributed by atoms with Gasteiger partial charge in [-0.15, -0.1) is 5.10 Å². The van der Waals surface area contributed by atoms with Crippen molar-refractivity contribution in [2.75, 3.05) is 37.4 Å². The van der Waals surface area contributed by atoms with Crippen LogP contribution in [0.1, 0.15) is 12.1 Å². The number of hydrogen-bond acceptors (Lipinski definition) is 9. The second-order valence-corrected chi connectivity index (χ2v) is 9.72. The van der Waals surface area contributed by atoms with E-state index in [1.807, 2.05) is 60.5 Å². The van der Waals surface area contributed by atoms with E-state index in [1.165, 1.54) is 11.8 Å². The van der Waals surface area contributed by atoms with Crippen LogP contribution in [0.25, 0.3) is 5.52 Å². The number of aryl methyl sites for hydroxylation is 1. The Labute approximate surface area is 212 Å². The van der Waals surface area contributed by atoms with Gasteiger partial charge in [0.2, 0.25) is 11.1 Å². The average molecular weight is 509 g/mol. The molecule has 1 aliphatic rings. The van der Waals surface area contributed by atoms with E-state index in [2.05, 4.69) is 30.9 Å². The quantitative estimate of drug-likeness (QED) is 0.269. The van der Waals surface area contributed by atoms with E-state index in [-0.39, 0.29) is 31.2 Å². The summed E-state index contributed by atoms with van der Waals surface area (Å²) in [4.78, 5) is 20.2. The summed E-state index contributed by atoms with van der Waals surface area (Å²) >= 11 is 1.42. The van der Waals surface area contributed by atoms with E-state index >= 15 is 0 Å². The fraction of sp³-hybridized carbons (Fsp3) is 0.333. The van der Waals surface area contributed by atoms with Crippen LogP contribution in [0.3, 0.4) is 0 Å². The summed E-state index contributed by atoms with van der Waals surface area (Å²) in [7, 11) is 1.65. The first-order valence-electron chi connectivity index (χ1n) is 11.6. The van der Waals surface area contributed by atoms with Crippen LogP contribution < -0.4 is 10.6 Å². The standard InChI is InChI=1S/C24H28N8O3S/c1-15-10-21(29-28-15)26-23-20-4-3-9-32(20)30-24(27-23)36-19-7-5-16(6-8-19)25-22(34)13-31-12-18(35-2)11-17(31)14-33/h3-10,17-18,33H,11-14H2,1-2H3,(H,25,34)(H2,26,27,28,29,30). The Balaban J connectivity index is 1.23. The number of likely N-dealkylation sites (tertiary alicyclic amines) is 1. The highest BCUT2D eigenvalue weighted by Crippen LogP contribution is 2.29. The number of fused-ring (bicyclic) bond motifs is 1. The van der Waals surface area contributed by atoms with Gasteiger partial charge in [0, 0.05) is 48.2 Å². The summed E-state index contributed by atoms with van der Waals surface area (Å²) in [5.41, 5.74) is 2.49. The topological polar surface area (TPSA) is 133 Å². The SMILES string of the molecule is COC1CC(CO)N(CC(=O)Nc2ccc(Sc3nc(Nc4cc(C)[nH]n4)c4cccn4n3)cc2)C1. The second-order valence-electron chi connectivity index (χ2n) is 8.68. The molecule has 12 heteroatoms. The fourth-order valence-corrected chi connectivity index (χ4v) is 4.99. The minimum atomic E-state index is -0.128. The highest BCUT2D eigenvalue weighted by atomic mass is 32.2. The molecule has 188 valence electrons. The Morgan fingerprint density at radius 3 is 2.86 bits per heavy atom. The van der Waals surface area contributed by atoms with Crippen molar-refractivity contribution < 1.29 is 14.6 Å². The maximum absolute atomic E-state index is 12.6. The Hall–Kier alpha value is -3.45. The number of anilines is 3. The number of hydrogen-bond donors (Lipinski definition) is 4. The number of nitrogens with one attached hydrogen (secondary N) is 3. The van der Waals surface area contributed by atoms with E-state index in [4.69, 9.17) is 4.74 Å². The Bertz CT molecular complexity index is 1340. The minimum Gasteiger partial charge on any atom is -0.395 e. The summed E-state index contributed by atoms with van der Waals surface area (Å²) in [5.74, 6) is 1.21. The molecule has 2 unspecified atom stereocenters. The number of amides is 1. The van der Waals surface area contributed by atoms with Crippen molar-refractivity contribution in [1.29, 1.82) is 0 Å². The smallest absolute Gasteiger partial charge is 0.238 e. The lowest BCUT2D eigenvalue weighted by Gasteiger charge is -2.21. The first-order chi connectivity index (χ1) is 17.5. The normalized spacial score (nSPS) is 18.1. The predicted molar refractivity (Wildman–Crippen MR) is 137 cm³/mol. The number of carbonyl (C=O) groups excluding carboxylic acids is 1. The maximum atomic E-state index is 12.6. The van der Waals surface area contributed by atoms with Crippen molar-refractivity contribution in [2.24, 2.45) is 0 Å². The van der Waals surface area contributed by atoms with E-state index in [0.29, 0.717) is 29.0 Å². The number of H-pyrrole nitrogens is 1. The highest BCUT2D eigenvalue weighted by molar-refractivity contribution is 7.99. The molecule has 0 bridgehead atoms. The average Bonchev–Trinajstić information content (AvgIpc) is 3.60. The molecule has 0 saturated carbocycles. The van der Waals surface area contributed by atoms with Gasteiger partial charge in [0.05, 0.1) is 19.3 Å². The lowest BCUT2D eigenvalue weighted by molar-refractivity contribution is -0.117. The van der Waals surface area contributed by atoms with E-state index in [1.54, 1.807) is 11.6 Å². The van der Waals surface area contributed by atoms with Crippen molar-refractivity contribution in [3.63, 3.8) is 0 Å². The molecule has 5 rings (SSSR count). The monoisotopic (exact) mass is 508 g/mol. The van der Waals surface area contributed by atoms with Crippen LogP contribution in [0.2, 0.25) is 0 Å². The van der Waals surface area contributed by atoms with Crippen molar-refractivity contribution in [3.05, 3.63) is 54.4 Å². The molecular weight excluding hydrogens is 480 g/mol. The third kappa shape index (κ3) is 5.51. The van der Waals surface area contributed by atoms with Crippen LogP contribution in [0, 0.1) is 6.92 Å². The molecule has 11 nitrogen and oxygen atoms in total. The first-order valence-corrected chi connectivity index (χ1v) is 12.4. The van der Waals surface area contributed by atoms with Gasteiger partial charge in [-0.3, -0.25) is 14.8 Å². The highest BCUT2D eigenvalue weighted by Gasteiger charge is 2.32. The van der Waals surface area contributed by atoms with E-state index in [0.717, 1.165) is 22.5 Å². The van der Waals surface area contributed by atoms with Crippen molar-refractivity contribution >= 4 is 40.5 Å². The summed E-state index contributed by atoms with van der Waals surface area (Å²) in [6, 6.07) is 13.2. The van der Waals surface area contributed by atoms with Gasteiger partial charge in [0.25, 0.3) is 0 Å². The van der Waals surface area contributed by atoms with Gasteiger partial charge in [-0.1, -0.05) is 0 Å². The van der Waals surface area contributed by atoms with Crippen molar-refractivity contribution in [3.8, 4) is 0 Å². The third-order valence-electron chi connectivity index (χ3n) is 6.05. The molecular formula is C24H28N8O3S. The predicted octanol–water partition coefficient (Wildman–Crippen LogP) is 2.68. The Morgan fingerprint density at radius 2 is 2.14 bits per heavy atom. The molecule has 1 fully saturated rings. The maximum Gasteiger partial charge on any atom is 0.238 e. The number of carbonyl (C=O) groups is 1. The lowest BCUT2D eigenvalue weighted by atomic mass is 10.2. The zero-order chi connectivity index (χ0) is 25.1. The van der Waals surface area contributed by atoms with E-state index in [9.17, 15) is 9.90 Å². The Kier molecular flexibility index (Phi) is 7.18. The zero-order valence-electron chi connectivity index (χ0n) is 20.0. The number of aliphatic hydroxyl groups excluding tert-OH is 1. The summed E-state index contributed by atoms with van der Waals surface area (Å²) in [5, 5.41) is 28.1. The second kappa shape index (κ2) is 10.7. The molecule has 36 heavy (non-hydrogen) atoms. The molecule has 3 aromatic heterocycles. The van der Waals surface area contributed by atoms with Crippen LogP contribution in [0.15, 0.2) is 58.7 Å². The van der Waals surface area contributed by atoms with Crippen LogP contribution in [0.5, 0.6) is 0 Å². The van der Waals surface area contributed by atoms with Gasteiger partial charge in [-0.2, -0.15) is 5.10 Å². The van der Waals surface area contributed by atoms with Gasteiger partial charge in [0.1, 0.15) is 5.52 Å². The number of aromatic nitrogens is 5. The summed E-state index contributed by atoms with van der Waals surface area (Å²) in [6.07, 6.45) is 2.64. The molecule has 4 aromatic rings. The fourth-order valence-electron chi connectivity index (χ4n) is 4.24. The number of aromatic amines is 1. The number of nitrogens with zero attached hydrogens (tertiary/aromatic N) is 5. The number of benzene rings is 1. The van der Waals surface area contributed by atoms with Crippen LogP contribution in [-0.2, 0) is 9.53 Å². The molecule has 1 aliphatic heterocycles. The number of aliphatic hydroxyl groups is 1. The molecule has 0 radical (unpaired) electrons. The molecule has 0 spiro atoms.